The number of nitrogens with zero attached hydrogens (tertiary/aromatic N) is 3. The first-order valence-electron chi connectivity index (χ1n) is 8.08. The number of hydrogen-bond donors (Lipinski definition) is 2. The van der Waals surface area contributed by atoms with Crippen LogP contribution in [0.15, 0.2) is 36.5 Å². The molecule has 132 valence electrons. The van der Waals surface area contributed by atoms with Gasteiger partial charge in [-0.05, 0) is 30.5 Å². The van der Waals surface area contributed by atoms with Gasteiger partial charge in [-0.2, -0.15) is 5.10 Å². The standard InChI is InChI=1S/C17H19FN4O3/c18-14-3-1-12(2-4-14)11-22-15(5-8-19-22)20-17(25)21-9-6-13(7-10-21)16(23)24/h1-5,8,13H,6-7,9-11H2,(H,20,25)(H,23,24). The van der Waals surface area contributed by atoms with E-state index in [2.05, 4.69) is 10.4 Å². The lowest BCUT2D eigenvalue weighted by molar-refractivity contribution is -0.143. The van der Waals surface area contributed by atoms with Crippen molar-refractivity contribution >= 4 is 17.8 Å². The van der Waals surface area contributed by atoms with Crippen molar-refractivity contribution in [2.75, 3.05) is 18.4 Å². The first-order valence-corrected chi connectivity index (χ1v) is 8.08. The monoisotopic (exact) mass is 346 g/mol. The molecule has 8 heteroatoms. The topological polar surface area (TPSA) is 87.5 Å². The van der Waals surface area contributed by atoms with E-state index in [4.69, 9.17) is 5.11 Å². The number of piperidine rings is 1. The summed E-state index contributed by atoms with van der Waals surface area (Å²) in [6.07, 6.45) is 2.49. The Labute approximate surface area is 144 Å². The maximum Gasteiger partial charge on any atom is 0.322 e. The smallest absolute Gasteiger partial charge is 0.322 e. The third-order valence-corrected chi connectivity index (χ3v) is 4.33. The van der Waals surface area contributed by atoms with Crippen LogP contribution in [0, 0.1) is 11.7 Å². The Morgan fingerprint density at radius 2 is 1.88 bits per heavy atom. The summed E-state index contributed by atoms with van der Waals surface area (Å²) in [4.78, 5) is 24.9. The van der Waals surface area contributed by atoms with Gasteiger partial charge in [0.25, 0.3) is 0 Å². The Kier molecular flexibility index (Phi) is 4.97. The molecule has 0 saturated carbocycles. The molecule has 0 aliphatic carbocycles. The fourth-order valence-electron chi connectivity index (χ4n) is 2.85. The lowest BCUT2D eigenvalue weighted by Crippen LogP contribution is -2.42. The van der Waals surface area contributed by atoms with Gasteiger partial charge in [-0.15, -0.1) is 0 Å². The Morgan fingerprint density at radius 1 is 1.20 bits per heavy atom. The van der Waals surface area contributed by atoms with Crippen molar-refractivity contribution in [1.82, 2.24) is 14.7 Å². The van der Waals surface area contributed by atoms with E-state index in [1.807, 2.05) is 0 Å². The number of aromatic nitrogens is 2. The van der Waals surface area contributed by atoms with Crippen LogP contribution in [0.1, 0.15) is 18.4 Å². The first-order chi connectivity index (χ1) is 12.0. The second-order valence-electron chi connectivity index (χ2n) is 6.03. The van der Waals surface area contributed by atoms with Crippen molar-refractivity contribution in [2.45, 2.75) is 19.4 Å². The fraction of sp³-hybridized carbons (Fsp3) is 0.353. The molecular weight excluding hydrogens is 327 g/mol. The van der Waals surface area contributed by atoms with Gasteiger partial charge in [0.2, 0.25) is 0 Å². The van der Waals surface area contributed by atoms with Gasteiger partial charge in [-0.25, -0.2) is 13.9 Å². The second kappa shape index (κ2) is 7.33. The van der Waals surface area contributed by atoms with Crippen molar-refractivity contribution in [3.8, 4) is 0 Å². The highest BCUT2D eigenvalue weighted by molar-refractivity contribution is 5.88. The fourth-order valence-corrected chi connectivity index (χ4v) is 2.85. The number of carboxylic acid groups (broad SMARTS) is 1. The molecule has 2 amide bonds. The van der Waals surface area contributed by atoms with Gasteiger partial charge < -0.3 is 10.0 Å². The van der Waals surface area contributed by atoms with Gasteiger partial charge in [0.05, 0.1) is 18.7 Å². The van der Waals surface area contributed by atoms with Gasteiger partial charge in [0.1, 0.15) is 11.6 Å². The molecule has 1 aromatic heterocycles. The zero-order valence-corrected chi connectivity index (χ0v) is 13.6. The number of carbonyl (C=O) groups excluding carboxylic acids is 1. The Bertz CT molecular complexity index is 752. The number of halogens is 1. The minimum Gasteiger partial charge on any atom is -0.481 e. The van der Waals surface area contributed by atoms with E-state index in [1.165, 1.54) is 12.1 Å². The number of urea groups is 1. The zero-order chi connectivity index (χ0) is 17.8. The van der Waals surface area contributed by atoms with E-state index >= 15 is 0 Å². The maximum absolute atomic E-state index is 13.0. The van der Waals surface area contributed by atoms with Crippen LogP contribution in [0.3, 0.4) is 0 Å². The zero-order valence-electron chi connectivity index (χ0n) is 13.6. The van der Waals surface area contributed by atoms with E-state index in [-0.39, 0.29) is 17.8 Å². The van der Waals surface area contributed by atoms with Gasteiger partial charge in [-0.1, -0.05) is 12.1 Å². The van der Waals surface area contributed by atoms with Crippen molar-refractivity contribution in [1.29, 1.82) is 0 Å². The van der Waals surface area contributed by atoms with E-state index in [9.17, 15) is 14.0 Å². The average molecular weight is 346 g/mol. The number of hydrogen-bond acceptors (Lipinski definition) is 3. The van der Waals surface area contributed by atoms with Crippen molar-refractivity contribution in [3.05, 3.63) is 47.9 Å². The Hall–Kier alpha value is -2.90. The summed E-state index contributed by atoms with van der Waals surface area (Å²) in [6, 6.07) is 7.50. The third-order valence-electron chi connectivity index (χ3n) is 4.33. The van der Waals surface area contributed by atoms with E-state index in [0.717, 1.165) is 5.56 Å². The minimum absolute atomic E-state index is 0.273. The molecule has 1 aromatic carbocycles. The molecule has 2 aromatic rings. The number of anilines is 1. The minimum atomic E-state index is -0.808. The van der Waals surface area contributed by atoms with Crippen LogP contribution in [0.2, 0.25) is 0 Å². The highest BCUT2D eigenvalue weighted by Crippen LogP contribution is 2.18. The van der Waals surface area contributed by atoms with Crippen LogP contribution < -0.4 is 5.32 Å². The molecule has 1 saturated heterocycles. The molecule has 7 nitrogen and oxygen atoms in total. The first kappa shape index (κ1) is 16.9. The molecular formula is C17H19FN4O3. The molecule has 2 heterocycles. The van der Waals surface area contributed by atoms with Gasteiger partial charge in [0.15, 0.2) is 0 Å². The molecule has 0 bridgehead atoms. The predicted molar refractivity (Wildman–Crippen MR) is 88.7 cm³/mol. The molecule has 0 unspecified atom stereocenters. The molecule has 0 radical (unpaired) electrons. The van der Waals surface area contributed by atoms with Gasteiger partial charge in [-0.3, -0.25) is 10.1 Å². The number of carboxylic acids is 1. The van der Waals surface area contributed by atoms with Crippen LogP contribution in [0.5, 0.6) is 0 Å². The molecule has 3 rings (SSSR count). The predicted octanol–water partition coefficient (Wildman–Crippen LogP) is 2.40. The number of amides is 2. The number of aliphatic carboxylic acids is 1. The summed E-state index contributed by atoms with van der Waals surface area (Å²) < 4.78 is 14.6. The Balaban J connectivity index is 1.60. The molecule has 0 spiro atoms. The molecule has 1 fully saturated rings. The van der Waals surface area contributed by atoms with Crippen LogP contribution in [0.4, 0.5) is 15.0 Å². The highest BCUT2D eigenvalue weighted by atomic mass is 19.1. The number of nitrogens with one attached hydrogen (secondary N) is 1. The summed E-state index contributed by atoms with van der Waals surface area (Å²) in [5, 5.41) is 16.0. The lowest BCUT2D eigenvalue weighted by Gasteiger charge is -2.30. The van der Waals surface area contributed by atoms with E-state index < -0.39 is 5.97 Å². The van der Waals surface area contributed by atoms with Gasteiger partial charge in [0, 0.05) is 19.2 Å². The SMILES string of the molecule is O=C(O)C1CCN(C(=O)Nc2ccnn2Cc2ccc(F)cc2)CC1. The van der Waals surface area contributed by atoms with Crippen molar-refractivity contribution < 1.29 is 19.1 Å². The molecule has 0 atom stereocenters. The van der Waals surface area contributed by atoms with Crippen molar-refractivity contribution in [3.63, 3.8) is 0 Å². The molecule has 2 N–H and O–H groups in total. The summed E-state index contributed by atoms with van der Waals surface area (Å²) >= 11 is 0. The van der Waals surface area contributed by atoms with Gasteiger partial charge >= 0.3 is 12.0 Å². The lowest BCUT2D eigenvalue weighted by atomic mass is 9.97. The van der Waals surface area contributed by atoms with Crippen molar-refractivity contribution in [2.24, 2.45) is 5.92 Å². The van der Waals surface area contributed by atoms with E-state index in [0.29, 0.717) is 38.3 Å². The summed E-state index contributed by atoms with van der Waals surface area (Å²) in [5.41, 5.74) is 0.864. The number of likely N-dealkylation sites (tertiary alicyclic amines) is 1. The molecule has 1 aliphatic heterocycles. The quantitative estimate of drug-likeness (QED) is 0.890. The third kappa shape index (κ3) is 4.14. The van der Waals surface area contributed by atoms with Crippen LogP contribution in [0.25, 0.3) is 0 Å². The molecule has 1 aliphatic rings. The summed E-state index contributed by atoms with van der Waals surface area (Å²) in [5.74, 6) is -0.956. The van der Waals surface area contributed by atoms with Crippen LogP contribution >= 0.6 is 0 Å². The average Bonchev–Trinajstić information content (AvgIpc) is 3.03. The number of carbonyl (C=O) groups is 2. The number of rotatable bonds is 4. The van der Waals surface area contributed by atoms with E-state index in [1.54, 1.807) is 34.0 Å². The van der Waals surface area contributed by atoms with Crippen LogP contribution in [-0.2, 0) is 11.3 Å². The summed E-state index contributed by atoms with van der Waals surface area (Å²) in [6.45, 7) is 1.23. The second-order valence-corrected chi connectivity index (χ2v) is 6.03. The highest BCUT2D eigenvalue weighted by Gasteiger charge is 2.27. The molecule has 25 heavy (non-hydrogen) atoms. The maximum atomic E-state index is 13.0. The Morgan fingerprint density at radius 3 is 2.52 bits per heavy atom. The summed E-state index contributed by atoms with van der Waals surface area (Å²) in [7, 11) is 0. The largest absolute Gasteiger partial charge is 0.481 e. The van der Waals surface area contributed by atoms with Crippen LogP contribution in [-0.4, -0.2) is 44.9 Å². The number of benzene rings is 1. The normalized spacial score (nSPS) is 15.2.